The lowest BCUT2D eigenvalue weighted by molar-refractivity contribution is -0.492. The van der Waals surface area contributed by atoms with Gasteiger partial charge in [0.1, 0.15) is 101 Å². The Balaban J connectivity index is 0.0000000724. The van der Waals surface area contributed by atoms with Crippen molar-refractivity contribution in [2.24, 2.45) is 0 Å². The first-order valence-corrected chi connectivity index (χ1v) is 45.5. The first-order valence-electron chi connectivity index (χ1n) is 45.5. The van der Waals surface area contributed by atoms with E-state index in [9.17, 15) is 0 Å². The van der Waals surface area contributed by atoms with Gasteiger partial charge in [0.25, 0.3) is 33.9 Å². The number of aromatic nitrogens is 18. The van der Waals surface area contributed by atoms with E-state index >= 15 is 0 Å². The minimum Gasteiger partial charge on any atom is -0.264 e. The lowest BCUT2D eigenvalue weighted by atomic mass is 9.96. The molecular weight excluding hydrogens is 1550 g/mol. The molecular formula is C108H84N18+6. The van der Waals surface area contributed by atoms with Crippen LogP contribution in [0.2, 0.25) is 0 Å². The van der Waals surface area contributed by atoms with Gasteiger partial charge in [0.15, 0.2) is 45.2 Å². The third-order valence-corrected chi connectivity index (χ3v) is 32.3. The summed E-state index contributed by atoms with van der Waals surface area (Å²) in [5.74, 6) is 0. The summed E-state index contributed by atoms with van der Waals surface area (Å²) in [6.07, 6.45) is 29.6. The molecule has 0 saturated carbocycles. The number of pyridine rings is 12. The molecule has 0 spiro atoms. The summed E-state index contributed by atoms with van der Waals surface area (Å²) >= 11 is 0. The summed E-state index contributed by atoms with van der Waals surface area (Å²) in [7, 11) is 0. The summed E-state index contributed by atoms with van der Waals surface area (Å²) in [5, 5.41) is 21.9. The fourth-order valence-electron chi connectivity index (χ4n) is 26.8. The summed E-state index contributed by atoms with van der Waals surface area (Å²) in [6, 6.07) is 49.0. The van der Waals surface area contributed by atoms with Crippen LogP contribution in [0.3, 0.4) is 0 Å². The highest BCUT2D eigenvalue weighted by Gasteiger charge is 2.44. The Morgan fingerprint density at radius 2 is 0.540 bits per heavy atom. The quantitative estimate of drug-likeness (QED) is 0.110. The van der Waals surface area contributed by atoms with Crippen LogP contribution < -0.4 is 26.4 Å². The molecule has 600 valence electrons. The van der Waals surface area contributed by atoms with Gasteiger partial charge in [0, 0.05) is 246 Å². The lowest BCUT2D eigenvalue weighted by Crippen LogP contribution is -2.31. The van der Waals surface area contributed by atoms with E-state index in [2.05, 4.69) is 255 Å². The van der Waals surface area contributed by atoms with Crippen molar-refractivity contribution < 1.29 is 26.4 Å². The Labute approximate surface area is 719 Å². The van der Waals surface area contributed by atoms with Crippen LogP contribution in [0, 0.1) is 41.5 Å². The van der Waals surface area contributed by atoms with Crippen LogP contribution in [0.4, 0.5) is 0 Å². The lowest BCUT2D eigenvalue weighted by Gasteiger charge is -2.13. The monoisotopic (exact) mass is 1630 g/mol. The van der Waals surface area contributed by atoms with E-state index in [1.807, 2.05) is 43.4 Å². The number of hydrogen-bond donors (Lipinski definition) is 0. The fourth-order valence-corrected chi connectivity index (χ4v) is 26.8. The Kier molecular flexibility index (Phi) is 12.7. The summed E-state index contributed by atoms with van der Waals surface area (Å²) in [5.41, 5.74) is 53.2. The molecule has 0 unspecified atom stereocenters. The minimum absolute atomic E-state index is 0.924. The van der Waals surface area contributed by atoms with E-state index in [1.54, 1.807) is 0 Å². The molecule has 0 N–H and O–H groups in total. The average Bonchev–Trinajstić information content (AvgIpc) is 1.56. The Bertz CT molecular complexity index is 8120. The van der Waals surface area contributed by atoms with Crippen molar-refractivity contribution in [2.75, 3.05) is 0 Å². The van der Waals surface area contributed by atoms with Crippen molar-refractivity contribution in [3.8, 4) is 0 Å². The average molecular weight is 1630 g/mol. The van der Waals surface area contributed by atoms with Crippen LogP contribution in [0.25, 0.3) is 164 Å². The molecule has 12 aliphatic rings. The van der Waals surface area contributed by atoms with Crippen LogP contribution in [0.5, 0.6) is 0 Å². The maximum Gasteiger partial charge on any atom is 0.297 e. The number of para-hydroxylation sites is 3. The Morgan fingerprint density at radius 3 is 1.10 bits per heavy atom. The molecule has 0 atom stereocenters. The standard InChI is InChI=1S/6C18H14N3/c1-10-15-6-5-11-7-19-8-14-13-4-2-3-12-9-20(10)18(16(12)13)21(15)17(11)14;1-10-15-6-5-11-3-2-4-13-14-8-19-7-12-9-20(10)18(16(12)14)21(15)17(11)13;1-10-14-6-5-11-7-8-19-16-13-4-2-3-12-9-20(10)18(15(12)13)21(14)17(11)16;1-10-15-6-5-14-17-13(7-8-19-14)12-4-2-3-11-9-20(10)18(16(11)12)21(15)17;1-10-15-6-5-11-3-2-4-13-12-7-8-19-14-9-20(10)18(16(12)14)21(15)17(11)13;1-10-14-6-5-11-3-2-4-13-16-15-12(7-8-19-16)9-20(10)18(15)21(14)17(11)13/h6*2-4,7-8H,5-6,9H2,1H3/q6*+1. The number of imidazole rings is 6. The normalized spacial score (nSPS) is 15.3. The molecule has 24 aromatic rings. The first-order chi connectivity index (χ1) is 62.1. The summed E-state index contributed by atoms with van der Waals surface area (Å²) in [4.78, 5) is 27.8. The van der Waals surface area contributed by atoms with Gasteiger partial charge in [-0.25, -0.2) is 27.4 Å². The SMILES string of the molecule is Cc1c2[n+]3c4c(cccc4c4ccnc5c4c3n1C5)CC2.Cc1c2[n+]3c4c(cccc4c4cncc5c4c3n1C5)CC2.Cc1c2[n+]3c4c(cccc4c4nccc5c4c3n1C5)CC2.Cc1c2[n+]3c4c(ccnc4c4cccc5c4c3n1C5)CC2.Cc1c2[n+]3c4c(cncc4c4cccc5c4c3n1C5)CC2.Cc1c2[n+]3c4c(nccc4c4cccc5c4c3n1C5)CC2. The molecule has 18 heteroatoms. The van der Waals surface area contributed by atoms with Crippen molar-refractivity contribution in [3.05, 3.63) is 318 Å². The zero-order valence-corrected chi connectivity index (χ0v) is 71.1. The van der Waals surface area contributed by atoms with E-state index in [0.29, 0.717) is 0 Å². The molecule has 18 nitrogen and oxygen atoms in total. The molecule has 0 amide bonds. The predicted octanol–water partition coefficient (Wildman–Crippen LogP) is 16.2. The molecule has 6 aromatic carbocycles. The van der Waals surface area contributed by atoms with Gasteiger partial charge in [0.2, 0.25) is 0 Å². The van der Waals surface area contributed by atoms with E-state index in [-0.39, 0.29) is 0 Å². The highest BCUT2D eigenvalue weighted by Crippen LogP contribution is 2.46. The van der Waals surface area contributed by atoms with Gasteiger partial charge in [-0.2, -0.15) is 26.4 Å². The molecule has 12 aliphatic heterocycles. The fraction of sp³-hybridized carbons (Fsp3) is 0.222. The number of aryl methyl sites for hydroxylation is 12. The van der Waals surface area contributed by atoms with Crippen molar-refractivity contribution in [1.82, 2.24) is 57.3 Å². The molecule has 0 bridgehead atoms. The summed E-state index contributed by atoms with van der Waals surface area (Å²) in [6.45, 7) is 19.6. The third kappa shape index (κ3) is 8.07. The zero-order chi connectivity index (χ0) is 82.3. The van der Waals surface area contributed by atoms with Gasteiger partial charge in [-0.3, -0.25) is 29.9 Å². The van der Waals surface area contributed by atoms with Gasteiger partial charge in [-0.05, 0) is 68.5 Å². The van der Waals surface area contributed by atoms with Crippen molar-refractivity contribution in [3.63, 3.8) is 0 Å². The highest BCUT2D eigenvalue weighted by atomic mass is 15.2. The number of rotatable bonds is 0. The van der Waals surface area contributed by atoms with Crippen LogP contribution in [0.15, 0.2) is 183 Å². The van der Waals surface area contributed by atoms with Crippen LogP contribution >= 0.6 is 0 Å². The number of fused-ring (bicyclic) bond motifs is 6. The summed E-state index contributed by atoms with van der Waals surface area (Å²) < 4.78 is 30.0. The predicted molar refractivity (Wildman–Crippen MR) is 490 cm³/mol. The Hall–Kier alpha value is -14.5. The zero-order valence-electron chi connectivity index (χ0n) is 71.1. The van der Waals surface area contributed by atoms with E-state index in [4.69, 9.17) is 9.97 Å². The second kappa shape index (κ2) is 23.5. The topological polar surface area (TPSA) is 132 Å². The molecule has 36 rings (SSSR count). The minimum atomic E-state index is 0.924. The second-order valence-corrected chi connectivity index (χ2v) is 37.7. The van der Waals surface area contributed by atoms with Gasteiger partial charge in [0.05, 0.1) is 49.2 Å². The molecule has 0 fully saturated rings. The maximum atomic E-state index is 4.74. The highest BCUT2D eigenvalue weighted by molar-refractivity contribution is 6.17. The van der Waals surface area contributed by atoms with E-state index < -0.39 is 0 Å². The molecule has 126 heavy (non-hydrogen) atoms. The smallest absolute Gasteiger partial charge is 0.264 e. The van der Waals surface area contributed by atoms with Crippen LogP contribution in [0.1, 0.15) is 135 Å². The van der Waals surface area contributed by atoms with E-state index in [0.717, 1.165) is 116 Å². The number of benzene rings is 6. The molecule has 0 saturated heterocycles. The van der Waals surface area contributed by atoms with Gasteiger partial charge in [-0.1, -0.05) is 97.1 Å². The second-order valence-electron chi connectivity index (χ2n) is 37.7. The van der Waals surface area contributed by atoms with Crippen molar-refractivity contribution in [1.29, 1.82) is 0 Å². The van der Waals surface area contributed by atoms with Gasteiger partial charge >= 0.3 is 0 Å². The molecule has 18 aromatic heterocycles. The molecule has 30 heterocycles. The van der Waals surface area contributed by atoms with Crippen molar-refractivity contribution >= 4 is 164 Å². The van der Waals surface area contributed by atoms with E-state index in [1.165, 1.54) is 300 Å². The largest absolute Gasteiger partial charge is 0.297 e. The van der Waals surface area contributed by atoms with Crippen LogP contribution in [-0.2, 0) is 116 Å². The Morgan fingerprint density at radius 1 is 0.214 bits per heavy atom. The maximum absolute atomic E-state index is 4.74. The molecule has 0 radical (unpaired) electrons. The van der Waals surface area contributed by atoms with Gasteiger partial charge < -0.3 is 0 Å². The van der Waals surface area contributed by atoms with Gasteiger partial charge in [-0.15, -0.1) is 0 Å². The van der Waals surface area contributed by atoms with Crippen molar-refractivity contribution in [2.45, 2.75) is 158 Å². The third-order valence-electron chi connectivity index (χ3n) is 32.3. The number of nitrogens with zero attached hydrogens (tertiary/aromatic N) is 18. The van der Waals surface area contributed by atoms with Crippen LogP contribution in [-0.4, -0.2) is 57.3 Å². The first kappa shape index (κ1) is 68.0. The number of hydrogen-bond acceptors (Lipinski definition) is 6. The molecule has 0 aliphatic carbocycles.